The molecule has 0 amide bonds. The zero-order valence-electron chi connectivity index (χ0n) is 5.50. The average Bonchev–Trinajstić information content (AvgIpc) is 1.19. The summed E-state index contributed by atoms with van der Waals surface area (Å²) in [4.78, 5) is 7.01. The first-order valence-corrected chi connectivity index (χ1v) is 12.8. The number of hydrogen-bond acceptors (Lipinski definition) is 0. The van der Waals surface area contributed by atoms with Crippen LogP contribution in [-0.2, 0) is 0 Å². The van der Waals surface area contributed by atoms with Crippen molar-refractivity contribution in [1.29, 1.82) is 0 Å². The molecule has 0 aromatic carbocycles. The van der Waals surface area contributed by atoms with E-state index in [0.29, 0.717) is 0 Å². The fraction of sp³-hybridized carbons (Fsp3) is 1.00. The molecule has 0 bridgehead atoms. The summed E-state index contributed by atoms with van der Waals surface area (Å²) in [6.07, 6.45) is 0. The van der Waals surface area contributed by atoms with Crippen LogP contribution in [0.25, 0.3) is 0 Å². The van der Waals surface area contributed by atoms with Gasteiger partial charge in [-0.05, 0) is 0 Å². The number of hydrogen-bond donors (Lipinski definition) is 0. The molecule has 6 heteroatoms. The van der Waals surface area contributed by atoms with Crippen LogP contribution in [0.15, 0.2) is 0 Å². The topological polar surface area (TPSA) is 0 Å². The molecule has 0 atom stereocenters. The molecule has 0 rings (SSSR count). The van der Waals surface area contributed by atoms with Gasteiger partial charge in [0, 0.05) is 0 Å². The van der Waals surface area contributed by atoms with Crippen LogP contribution in [0.1, 0.15) is 0 Å². The van der Waals surface area contributed by atoms with Crippen LogP contribution in [0, 0.1) is 0 Å². The Balaban J connectivity index is 0. The molecular formula is C3H9BBr4Te. The summed E-state index contributed by atoms with van der Waals surface area (Å²) in [6, 6.07) is 0. The maximum atomic E-state index is 3.19. The van der Waals surface area contributed by atoms with Crippen molar-refractivity contribution in [1.82, 2.24) is 0 Å². The van der Waals surface area contributed by atoms with Gasteiger partial charge in [-0.25, -0.2) is 0 Å². The van der Waals surface area contributed by atoms with E-state index in [0.717, 1.165) is 0 Å². The third-order valence-corrected chi connectivity index (χ3v) is 0. The van der Waals surface area contributed by atoms with Crippen LogP contribution in [0.2, 0.25) is 14.9 Å². The molecule has 0 aromatic rings. The summed E-state index contributed by atoms with van der Waals surface area (Å²) < 4.78 is -0.750. The summed E-state index contributed by atoms with van der Waals surface area (Å²) in [5.41, 5.74) is 0. The van der Waals surface area contributed by atoms with E-state index in [4.69, 9.17) is 0 Å². The molecule has 0 saturated carbocycles. The first-order valence-electron chi connectivity index (χ1n) is 2.10. The van der Waals surface area contributed by atoms with Crippen molar-refractivity contribution in [2.75, 3.05) is 0 Å². The van der Waals surface area contributed by atoms with Crippen molar-refractivity contribution in [2.24, 2.45) is 0 Å². The quantitative estimate of drug-likeness (QED) is 0.431. The predicted molar refractivity (Wildman–Crippen MR) is 64.8 cm³/mol. The van der Waals surface area contributed by atoms with Crippen LogP contribution in [0.3, 0.4) is 0 Å². The van der Waals surface area contributed by atoms with E-state index in [2.05, 4.69) is 77.9 Å². The molecule has 0 unspecified atom stereocenters. The first kappa shape index (κ1) is 14.3. The Morgan fingerprint density at radius 2 is 0.889 bits per heavy atom. The zero-order chi connectivity index (χ0) is 8.08. The van der Waals surface area contributed by atoms with Gasteiger partial charge in [-0.15, -0.1) is 0 Å². The van der Waals surface area contributed by atoms with Crippen LogP contribution < -0.4 is 0 Å². The molecule has 0 aliphatic rings. The molecule has 0 saturated heterocycles. The second-order valence-electron chi connectivity index (χ2n) is 1.72. The normalized spacial score (nSPS) is 10.7. The second-order valence-corrected chi connectivity index (χ2v) is 21.6. The van der Waals surface area contributed by atoms with E-state index in [-0.39, 0.29) is 19.6 Å². The molecule has 0 nitrogen and oxygen atoms in total. The molecule has 0 spiro atoms. The van der Waals surface area contributed by atoms with E-state index in [9.17, 15) is 0 Å². The summed E-state index contributed by atoms with van der Waals surface area (Å²) in [7, 11) is 0. The molecule has 9 heavy (non-hydrogen) atoms. The van der Waals surface area contributed by atoms with Gasteiger partial charge in [-0.1, -0.05) is 0 Å². The Hall–Kier alpha value is 2.77. The predicted octanol–water partition coefficient (Wildman–Crippen LogP) is 4.37. The van der Waals surface area contributed by atoms with Gasteiger partial charge in [0.15, 0.2) is 0 Å². The van der Waals surface area contributed by atoms with Gasteiger partial charge in [0.2, 0.25) is 1.44 Å². The van der Waals surface area contributed by atoms with Gasteiger partial charge in [0.05, 0.1) is 0 Å². The third-order valence-electron chi connectivity index (χ3n) is 0. The van der Waals surface area contributed by atoms with Crippen LogP contribution in [-0.4, -0.2) is 21.0 Å². The Kier molecular flexibility index (Phi) is 11.8. The molecule has 0 fully saturated rings. The Labute approximate surface area is 97.4 Å². The molecule has 0 aliphatic heterocycles. The summed E-state index contributed by atoms with van der Waals surface area (Å²) in [6.45, 7) is 0. The van der Waals surface area contributed by atoms with E-state index in [1.165, 1.54) is 0 Å². The minimum absolute atomic E-state index is 0.357. The number of halogens is 4. The molecule has 0 aliphatic carbocycles. The first-order chi connectivity index (χ1) is 3.73. The molecule has 0 aromatic heterocycles. The van der Waals surface area contributed by atoms with Gasteiger partial charge < -0.3 is 63.0 Å². The fourth-order valence-electron chi connectivity index (χ4n) is 0. The van der Waals surface area contributed by atoms with Crippen molar-refractivity contribution >= 4 is 84.0 Å². The van der Waals surface area contributed by atoms with Crippen molar-refractivity contribution in [3.8, 4) is 0 Å². The van der Waals surface area contributed by atoms with Gasteiger partial charge in [0.25, 0.3) is 0 Å². The van der Waals surface area contributed by atoms with E-state index >= 15 is 0 Å². The summed E-state index contributed by atoms with van der Waals surface area (Å²) in [5, 5.41) is 0. The van der Waals surface area contributed by atoms with Crippen LogP contribution in [0.5, 0.6) is 0 Å². The second kappa shape index (κ2) is 7.43. The molecule has 0 radical (unpaired) electrons. The van der Waals surface area contributed by atoms with Gasteiger partial charge >= 0.3 is 34.5 Å². The van der Waals surface area contributed by atoms with E-state index in [1.54, 1.807) is 0 Å². The zero-order valence-corrected chi connectivity index (χ0v) is 14.2. The van der Waals surface area contributed by atoms with Crippen molar-refractivity contribution < 1.29 is 0 Å². The van der Waals surface area contributed by atoms with Crippen molar-refractivity contribution in [3.05, 3.63) is 0 Å². The molecule has 58 valence electrons. The van der Waals surface area contributed by atoms with Crippen LogP contribution >= 0.6 is 63.0 Å². The van der Waals surface area contributed by atoms with Gasteiger partial charge in [-0.3, -0.25) is 0 Å². The monoisotopic (exact) mass is 502 g/mol. The van der Waals surface area contributed by atoms with Gasteiger partial charge in [0.1, 0.15) is 0 Å². The molecule has 0 N–H and O–H groups in total. The summed E-state index contributed by atoms with van der Waals surface area (Å²) >= 11 is 12.4. The SMILES string of the molecule is Br[B-](Br)(Br)Br.C[Te+](C)C. The Morgan fingerprint density at radius 3 is 0.889 bits per heavy atom. The molecular weight excluding hydrogens is 494 g/mol. The van der Waals surface area contributed by atoms with Crippen molar-refractivity contribution in [2.45, 2.75) is 14.9 Å². The Morgan fingerprint density at radius 1 is 0.889 bits per heavy atom. The standard InChI is InChI=1S/C3H9Te.BBr4/c1-4(2)3;2-1(3,4)5/h1-3H3;/q+1;-1. The molecule has 0 heterocycles. The van der Waals surface area contributed by atoms with E-state index < -0.39 is 1.44 Å². The Bertz CT molecular complexity index is 52.6. The van der Waals surface area contributed by atoms with E-state index in [1.807, 2.05) is 0 Å². The number of rotatable bonds is 0. The summed E-state index contributed by atoms with van der Waals surface area (Å²) in [5.74, 6) is 0. The van der Waals surface area contributed by atoms with Gasteiger partial charge in [-0.2, -0.15) is 0 Å². The van der Waals surface area contributed by atoms with Crippen LogP contribution in [0.4, 0.5) is 0 Å². The average molecular weight is 503 g/mol. The fourth-order valence-corrected chi connectivity index (χ4v) is 0. The maximum absolute atomic E-state index is 3.19. The minimum atomic E-state index is -0.750. The van der Waals surface area contributed by atoms with Crippen molar-refractivity contribution in [3.63, 3.8) is 0 Å². The third kappa shape index (κ3) is 108.